The Bertz CT molecular complexity index is 1610. The molecule has 4 aromatic rings. The molecule has 0 atom stereocenters. The van der Waals surface area contributed by atoms with Crippen LogP contribution in [0.15, 0.2) is 109 Å². The Hall–Kier alpha value is -5.94. The lowest BCUT2D eigenvalue weighted by molar-refractivity contribution is -0.131. The minimum atomic E-state index is -0.833. The Labute approximate surface area is 258 Å². The quantitative estimate of drug-likeness (QED) is 0.208. The van der Waals surface area contributed by atoms with Crippen molar-refractivity contribution in [3.8, 4) is 23.0 Å². The average molecular weight is 609 g/mol. The van der Waals surface area contributed by atoms with Crippen LogP contribution in [0.2, 0.25) is 0 Å². The number of esters is 2. The Balaban J connectivity index is 1.31. The molecule has 8 bridgehead atoms. The molecule has 11 nitrogen and oxygen atoms in total. The lowest BCUT2D eigenvalue weighted by atomic mass is 10.2. The van der Waals surface area contributed by atoms with Gasteiger partial charge in [0.15, 0.2) is 0 Å². The van der Waals surface area contributed by atoms with Gasteiger partial charge in [0, 0.05) is 46.8 Å². The number of rotatable bonds is 0. The highest BCUT2D eigenvalue weighted by atomic mass is 16.5. The zero-order chi connectivity index (χ0) is 31.4. The number of nitrogens with one attached hydrogen (secondary N) is 2. The number of ether oxygens (including phenoxy) is 5. The van der Waals surface area contributed by atoms with Crippen LogP contribution in [0.1, 0.15) is 20.7 Å². The van der Waals surface area contributed by atoms with Gasteiger partial charge in [-0.25, -0.2) is 9.59 Å². The van der Waals surface area contributed by atoms with Gasteiger partial charge in [0.1, 0.15) is 36.2 Å². The number of hydrogen-bond acceptors (Lipinski definition) is 9. The fourth-order valence-electron chi connectivity index (χ4n) is 4.11. The van der Waals surface area contributed by atoms with Gasteiger partial charge in [0.05, 0.1) is 13.2 Å². The summed E-state index contributed by atoms with van der Waals surface area (Å²) in [5, 5.41) is 5.51. The zero-order valence-electron chi connectivity index (χ0n) is 23.9. The minimum Gasteiger partial charge on any atom is -0.491 e. The largest absolute Gasteiger partial charge is 0.491 e. The SMILES string of the molecule is O=C1/C=C/C(=O)Oc2cccc(c2)NC(=O)c2cccc(c2)OCCOCCOc2cccc(c2)C(=O)Nc2cccc(c2)O1. The van der Waals surface area contributed by atoms with Gasteiger partial charge in [0.25, 0.3) is 11.8 Å². The molecule has 4 aromatic carbocycles. The molecule has 0 aliphatic carbocycles. The third-order valence-electron chi connectivity index (χ3n) is 6.16. The number of benzene rings is 4. The van der Waals surface area contributed by atoms with E-state index >= 15 is 0 Å². The normalized spacial score (nSPS) is 15.6. The molecule has 0 radical (unpaired) electrons. The monoisotopic (exact) mass is 608 g/mol. The van der Waals surface area contributed by atoms with E-state index in [4.69, 9.17) is 23.7 Å². The van der Waals surface area contributed by atoms with E-state index in [0.717, 1.165) is 12.2 Å². The Morgan fingerprint density at radius 2 is 0.889 bits per heavy atom. The van der Waals surface area contributed by atoms with Crippen molar-refractivity contribution in [3.05, 3.63) is 120 Å². The number of fused-ring (bicyclic) bond motifs is 8. The summed E-state index contributed by atoms with van der Waals surface area (Å²) in [5.74, 6) is -1.18. The van der Waals surface area contributed by atoms with Gasteiger partial charge in [-0.2, -0.15) is 0 Å². The lowest BCUT2D eigenvalue weighted by Crippen LogP contribution is -2.14. The highest BCUT2D eigenvalue weighted by molar-refractivity contribution is 6.05. The van der Waals surface area contributed by atoms with Gasteiger partial charge in [-0.15, -0.1) is 0 Å². The van der Waals surface area contributed by atoms with E-state index in [0.29, 0.717) is 34.0 Å². The lowest BCUT2D eigenvalue weighted by Gasteiger charge is -2.11. The molecule has 0 spiro atoms. The van der Waals surface area contributed by atoms with Crippen molar-refractivity contribution >= 4 is 35.1 Å². The smallest absolute Gasteiger partial charge is 0.336 e. The molecule has 228 valence electrons. The first-order valence-electron chi connectivity index (χ1n) is 13.9. The maximum Gasteiger partial charge on any atom is 0.336 e. The van der Waals surface area contributed by atoms with E-state index in [2.05, 4.69) is 10.6 Å². The first-order valence-corrected chi connectivity index (χ1v) is 13.9. The third-order valence-corrected chi connectivity index (χ3v) is 6.16. The summed E-state index contributed by atoms with van der Waals surface area (Å²) in [7, 11) is 0. The molecule has 0 fully saturated rings. The molecular weight excluding hydrogens is 580 g/mol. The van der Waals surface area contributed by atoms with Crippen LogP contribution in [-0.4, -0.2) is 50.2 Å². The molecule has 11 heteroatoms. The second-order valence-corrected chi connectivity index (χ2v) is 9.50. The van der Waals surface area contributed by atoms with Crippen LogP contribution in [0.3, 0.4) is 0 Å². The van der Waals surface area contributed by atoms with Crippen LogP contribution in [0.5, 0.6) is 23.0 Å². The van der Waals surface area contributed by atoms with Crippen molar-refractivity contribution in [1.29, 1.82) is 0 Å². The van der Waals surface area contributed by atoms with Gasteiger partial charge in [-0.1, -0.05) is 24.3 Å². The summed E-state index contributed by atoms with van der Waals surface area (Å²) < 4.78 is 27.6. The van der Waals surface area contributed by atoms with Gasteiger partial charge < -0.3 is 34.3 Å². The number of carbonyl (C=O) groups excluding carboxylic acids is 4. The van der Waals surface area contributed by atoms with Crippen LogP contribution in [-0.2, 0) is 14.3 Å². The summed E-state index contributed by atoms with van der Waals surface area (Å²) >= 11 is 0. The second kappa shape index (κ2) is 15.0. The highest BCUT2D eigenvalue weighted by Crippen LogP contribution is 2.22. The first kappa shape index (κ1) is 30.5. The Kier molecular flexibility index (Phi) is 10.2. The van der Waals surface area contributed by atoms with Crippen molar-refractivity contribution in [2.75, 3.05) is 37.1 Å². The molecule has 2 N–H and O–H groups in total. The van der Waals surface area contributed by atoms with Gasteiger partial charge >= 0.3 is 11.9 Å². The molecular formula is C34H28N2O9. The molecule has 1 aliphatic heterocycles. The van der Waals surface area contributed by atoms with Crippen molar-refractivity contribution in [2.45, 2.75) is 0 Å². The van der Waals surface area contributed by atoms with E-state index < -0.39 is 23.8 Å². The Morgan fingerprint density at radius 3 is 1.36 bits per heavy atom. The third kappa shape index (κ3) is 9.27. The van der Waals surface area contributed by atoms with Crippen molar-refractivity contribution in [3.63, 3.8) is 0 Å². The van der Waals surface area contributed by atoms with Gasteiger partial charge in [0.2, 0.25) is 0 Å². The van der Waals surface area contributed by atoms with Crippen molar-refractivity contribution in [2.24, 2.45) is 0 Å². The van der Waals surface area contributed by atoms with E-state index in [1.54, 1.807) is 72.8 Å². The van der Waals surface area contributed by atoms with E-state index in [9.17, 15) is 19.2 Å². The van der Waals surface area contributed by atoms with Crippen LogP contribution >= 0.6 is 0 Å². The molecule has 0 saturated carbocycles. The van der Waals surface area contributed by atoms with E-state index in [1.807, 2.05) is 0 Å². The predicted molar refractivity (Wildman–Crippen MR) is 164 cm³/mol. The zero-order valence-corrected chi connectivity index (χ0v) is 23.9. The van der Waals surface area contributed by atoms with E-state index in [-0.39, 0.29) is 37.9 Å². The van der Waals surface area contributed by atoms with E-state index in [1.165, 1.54) is 24.3 Å². The van der Waals surface area contributed by atoms with Crippen molar-refractivity contribution < 1.29 is 42.9 Å². The summed E-state index contributed by atoms with van der Waals surface area (Å²) in [5.41, 5.74) is 1.49. The topological polar surface area (TPSA) is 138 Å². The average Bonchev–Trinajstić information content (AvgIpc) is 3.03. The van der Waals surface area contributed by atoms with Crippen LogP contribution in [0.25, 0.3) is 0 Å². The molecule has 5 rings (SSSR count). The maximum absolute atomic E-state index is 12.9. The molecule has 1 aliphatic rings. The number of amides is 2. The summed E-state index contributed by atoms with van der Waals surface area (Å²) in [6.45, 7) is 1.08. The number of hydrogen-bond donors (Lipinski definition) is 2. The summed E-state index contributed by atoms with van der Waals surface area (Å²) in [6, 6.07) is 25.8. The minimum absolute atomic E-state index is 0.149. The summed E-state index contributed by atoms with van der Waals surface area (Å²) in [6.07, 6.45) is 1.84. The molecule has 2 amide bonds. The van der Waals surface area contributed by atoms with Crippen LogP contribution in [0, 0.1) is 0 Å². The second-order valence-electron chi connectivity index (χ2n) is 9.50. The molecule has 45 heavy (non-hydrogen) atoms. The summed E-state index contributed by atoms with van der Waals surface area (Å²) in [4.78, 5) is 50.4. The fraction of sp³-hybridized carbons (Fsp3) is 0.118. The predicted octanol–water partition coefficient (Wildman–Crippen LogP) is 5.05. The Morgan fingerprint density at radius 1 is 0.467 bits per heavy atom. The van der Waals surface area contributed by atoms with Gasteiger partial charge in [-0.05, 0) is 60.7 Å². The van der Waals surface area contributed by atoms with Gasteiger partial charge in [-0.3, -0.25) is 9.59 Å². The number of anilines is 2. The highest BCUT2D eigenvalue weighted by Gasteiger charge is 2.12. The molecule has 0 unspecified atom stereocenters. The van der Waals surface area contributed by atoms with Crippen molar-refractivity contribution in [1.82, 2.24) is 0 Å². The molecule has 0 aromatic heterocycles. The fourth-order valence-corrected chi connectivity index (χ4v) is 4.11. The van der Waals surface area contributed by atoms with Crippen LogP contribution in [0.4, 0.5) is 11.4 Å². The first-order chi connectivity index (χ1) is 21.9. The maximum atomic E-state index is 12.9. The standard InChI is InChI=1S/C34H28N2O9/c37-31-13-14-32(38)45-30-12-4-8-26(22-30)36-34(40)24-6-2-10-28(20-24)43-18-16-41-15-17-42-27-9-1-5-23(19-27)33(39)35-25-7-3-11-29(21-25)44-31/h1-14,19-22H,15-18H2,(H,35,39)(H,36,40)/b14-13+. The van der Waals surface area contributed by atoms with Crippen LogP contribution < -0.4 is 29.6 Å². The molecule has 1 heterocycles. The molecule has 0 saturated heterocycles. The number of carbonyl (C=O) groups is 4.